The molecule has 0 aliphatic rings. The predicted octanol–water partition coefficient (Wildman–Crippen LogP) is 4.32. The van der Waals surface area contributed by atoms with Crippen molar-refractivity contribution in [2.75, 3.05) is 12.4 Å². The first-order valence-electron chi connectivity index (χ1n) is 6.27. The maximum Gasteiger partial charge on any atom is 0.128 e. The fourth-order valence-electron chi connectivity index (χ4n) is 2.06. The summed E-state index contributed by atoms with van der Waals surface area (Å²) in [6.45, 7) is 3.95. The van der Waals surface area contributed by atoms with E-state index in [0.717, 1.165) is 17.0 Å². The Labute approximate surface area is 113 Å². The molecule has 0 radical (unpaired) electrons. The summed E-state index contributed by atoms with van der Waals surface area (Å²) in [6.07, 6.45) is 0. The average molecular weight is 259 g/mol. The number of hydrogen-bond donors (Lipinski definition) is 1. The molecule has 3 heteroatoms. The first kappa shape index (κ1) is 13.4. The lowest BCUT2D eigenvalue weighted by molar-refractivity contribution is 0.414. The van der Waals surface area contributed by atoms with Gasteiger partial charge < -0.3 is 10.1 Å². The van der Waals surface area contributed by atoms with Gasteiger partial charge in [0.25, 0.3) is 0 Å². The molecule has 0 spiro atoms. The van der Waals surface area contributed by atoms with Gasteiger partial charge in [-0.2, -0.15) is 0 Å². The highest BCUT2D eigenvalue weighted by Crippen LogP contribution is 2.26. The van der Waals surface area contributed by atoms with Gasteiger partial charge in [-0.1, -0.05) is 18.2 Å². The van der Waals surface area contributed by atoms with E-state index in [1.54, 1.807) is 19.2 Å². The molecule has 0 heterocycles. The fraction of sp³-hybridized carbons (Fsp3) is 0.250. The summed E-state index contributed by atoms with van der Waals surface area (Å²) in [5, 5.41) is 3.32. The van der Waals surface area contributed by atoms with Crippen LogP contribution in [0.5, 0.6) is 5.75 Å². The van der Waals surface area contributed by atoms with Crippen LogP contribution in [-0.4, -0.2) is 7.11 Å². The van der Waals surface area contributed by atoms with Gasteiger partial charge in [-0.15, -0.1) is 0 Å². The number of anilines is 1. The molecule has 0 aliphatic heterocycles. The molecule has 0 bridgehead atoms. The molecule has 1 atom stereocenters. The zero-order valence-electron chi connectivity index (χ0n) is 11.4. The summed E-state index contributed by atoms with van der Waals surface area (Å²) in [5.41, 5.74) is 2.72. The second-order valence-electron chi connectivity index (χ2n) is 4.57. The average Bonchev–Trinajstić information content (AvgIpc) is 2.41. The Morgan fingerprint density at radius 1 is 1.16 bits per heavy atom. The zero-order chi connectivity index (χ0) is 13.8. The second-order valence-corrected chi connectivity index (χ2v) is 4.57. The highest BCUT2D eigenvalue weighted by atomic mass is 19.1. The number of aryl methyl sites for hydroxylation is 1. The van der Waals surface area contributed by atoms with E-state index in [0.29, 0.717) is 5.56 Å². The van der Waals surface area contributed by atoms with E-state index >= 15 is 0 Å². The maximum absolute atomic E-state index is 13.7. The van der Waals surface area contributed by atoms with Gasteiger partial charge in [-0.3, -0.25) is 0 Å². The standard InChI is InChI=1S/C16H18FNO/c1-11-10-13(19-3)8-9-16(11)18-12(2)14-6-4-5-7-15(14)17/h4-10,12,18H,1-3H3. The Morgan fingerprint density at radius 2 is 1.89 bits per heavy atom. The lowest BCUT2D eigenvalue weighted by atomic mass is 10.1. The number of rotatable bonds is 4. The minimum atomic E-state index is -0.186. The number of ether oxygens (including phenoxy) is 1. The summed E-state index contributed by atoms with van der Waals surface area (Å²) in [5.74, 6) is 0.634. The fourth-order valence-corrected chi connectivity index (χ4v) is 2.06. The summed E-state index contributed by atoms with van der Waals surface area (Å²) < 4.78 is 18.9. The Morgan fingerprint density at radius 3 is 2.53 bits per heavy atom. The molecule has 0 amide bonds. The third-order valence-electron chi connectivity index (χ3n) is 3.18. The molecule has 1 unspecified atom stereocenters. The van der Waals surface area contributed by atoms with Gasteiger partial charge in [0.05, 0.1) is 13.2 Å². The third-order valence-corrected chi connectivity index (χ3v) is 3.18. The van der Waals surface area contributed by atoms with E-state index in [2.05, 4.69) is 5.32 Å². The van der Waals surface area contributed by atoms with Crippen LogP contribution in [0.2, 0.25) is 0 Å². The van der Waals surface area contributed by atoms with E-state index in [9.17, 15) is 4.39 Å². The topological polar surface area (TPSA) is 21.3 Å². The molecule has 0 fully saturated rings. The number of nitrogens with one attached hydrogen (secondary N) is 1. The van der Waals surface area contributed by atoms with Crippen molar-refractivity contribution in [1.82, 2.24) is 0 Å². The highest BCUT2D eigenvalue weighted by molar-refractivity contribution is 5.54. The highest BCUT2D eigenvalue weighted by Gasteiger charge is 2.11. The first-order valence-corrected chi connectivity index (χ1v) is 6.27. The maximum atomic E-state index is 13.7. The van der Waals surface area contributed by atoms with E-state index in [1.807, 2.05) is 38.1 Å². The van der Waals surface area contributed by atoms with Crippen LogP contribution in [0.25, 0.3) is 0 Å². The zero-order valence-corrected chi connectivity index (χ0v) is 11.4. The van der Waals surface area contributed by atoms with E-state index in [-0.39, 0.29) is 11.9 Å². The predicted molar refractivity (Wildman–Crippen MR) is 76.2 cm³/mol. The molecular weight excluding hydrogens is 241 g/mol. The Kier molecular flexibility index (Phi) is 4.05. The lowest BCUT2D eigenvalue weighted by Gasteiger charge is -2.18. The van der Waals surface area contributed by atoms with Crippen molar-refractivity contribution < 1.29 is 9.13 Å². The van der Waals surface area contributed by atoms with Crippen LogP contribution in [0.1, 0.15) is 24.1 Å². The smallest absolute Gasteiger partial charge is 0.128 e. The molecule has 100 valence electrons. The normalized spacial score (nSPS) is 12.0. The lowest BCUT2D eigenvalue weighted by Crippen LogP contribution is -2.09. The number of benzene rings is 2. The van der Waals surface area contributed by atoms with Crippen molar-refractivity contribution in [2.24, 2.45) is 0 Å². The molecular formula is C16H18FNO. The molecule has 0 saturated heterocycles. The van der Waals surface area contributed by atoms with E-state index in [1.165, 1.54) is 6.07 Å². The molecule has 0 aromatic heterocycles. The van der Waals surface area contributed by atoms with Crippen LogP contribution in [0.4, 0.5) is 10.1 Å². The van der Waals surface area contributed by atoms with Crippen LogP contribution in [0, 0.1) is 12.7 Å². The molecule has 1 N–H and O–H groups in total. The third kappa shape index (κ3) is 3.05. The largest absolute Gasteiger partial charge is 0.497 e. The number of halogens is 1. The molecule has 2 rings (SSSR count). The second kappa shape index (κ2) is 5.74. The summed E-state index contributed by atoms with van der Waals surface area (Å²) in [6, 6.07) is 12.5. The summed E-state index contributed by atoms with van der Waals surface area (Å²) >= 11 is 0. The molecule has 2 aromatic rings. The van der Waals surface area contributed by atoms with Crippen molar-refractivity contribution in [3.05, 3.63) is 59.4 Å². The van der Waals surface area contributed by atoms with Crippen molar-refractivity contribution in [3.8, 4) is 5.75 Å². The van der Waals surface area contributed by atoms with Crippen LogP contribution >= 0.6 is 0 Å². The van der Waals surface area contributed by atoms with Gasteiger partial charge in [-0.05, 0) is 43.7 Å². The Balaban J connectivity index is 2.19. The number of hydrogen-bond acceptors (Lipinski definition) is 2. The molecule has 19 heavy (non-hydrogen) atoms. The van der Waals surface area contributed by atoms with Crippen molar-refractivity contribution >= 4 is 5.69 Å². The van der Waals surface area contributed by atoms with Gasteiger partial charge >= 0.3 is 0 Å². The minimum Gasteiger partial charge on any atom is -0.497 e. The SMILES string of the molecule is COc1ccc(NC(C)c2ccccc2F)c(C)c1. The first-order chi connectivity index (χ1) is 9.11. The Hall–Kier alpha value is -2.03. The summed E-state index contributed by atoms with van der Waals surface area (Å²) in [7, 11) is 1.64. The van der Waals surface area contributed by atoms with Crippen molar-refractivity contribution in [1.29, 1.82) is 0 Å². The van der Waals surface area contributed by atoms with Crippen LogP contribution < -0.4 is 10.1 Å². The minimum absolute atomic E-state index is 0.0895. The van der Waals surface area contributed by atoms with Gasteiger partial charge in [0.2, 0.25) is 0 Å². The number of methoxy groups -OCH3 is 1. The molecule has 0 aliphatic carbocycles. The van der Waals surface area contributed by atoms with Crippen LogP contribution in [0.15, 0.2) is 42.5 Å². The quantitative estimate of drug-likeness (QED) is 0.883. The van der Waals surface area contributed by atoms with Gasteiger partial charge in [0.15, 0.2) is 0 Å². The van der Waals surface area contributed by atoms with Crippen LogP contribution in [0.3, 0.4) is 0 Å². The van der Waals surface area contributed by atoms with Gasteiger partial charge in [0, 0.05) is 11.3 Å². The molecule has 2 aromatic carbocycles. The Bertz CT molecular complexity index is 568. The van der Waals surface area contributed by atoms with E-state index < -0.39 is 0 Å². The molecule has 0 saturated carbocycles. The van der Waals surface area contributed by atoms with Gasteiger partial charge in [-0.25, -0.2) is 4.39 Å². The van der Waals surface area contributed by atoms with E-state index in [4.69, 9.17) is 4.74 Å². The summed E-state index contributed by atoms with van der Waals surface area (Å²) in [4.78, 5) is 0. The van der Waals surface area contributed by atoms with Crippen molar-refractivity contribution in [3.63, 3.8) is 0 Å². The van der Waals surface area contributed by atoms with Gasteiger partial charge in [0.1, 0.15) is 11.6 Å². The van der Waals surface area contributed by atoms with Crippen molar-refractivity contribution in [2.45, 2.75) is 19.9 Å². The van der Waals surface area contributed by atoms with Crippen LogP contribution in [-0.2, 0) is 0 Å². The molecule has 2 nitrogen and oxygen atoms in total. The monoisotopic (exact) mass is 259 g/mol.